The van der Waals surface area contributed by atoms with E-state index in [1.807, 2.05) is 13.8 Å². The van der Waals surface area contributed by atoms with E-state index in [2.05, 4.69) is 0 Å². The van der Waals surface area contributed by atoms with Gasteiger partial charge in [0, 0.05) is 11.1 Å². The summed E-state index contributed by atoms with van der Waals surface area (Å²) in [5, 5.41) is 0. The van der Waals surface area contributed by atoms with Gasteiger partial charge in [0.15, 0.2) is 5.78 Å². The largest absolute Gasteiger partial charge is 0.496 e. The van der Waals surface area contributed by atoms with Crippen molar-refractivity contribution < 1.29 is 13.9 Å². The van der Waals surface area contributed by atoms with E-state index in [0.29, 0.717) is 11.3 Å². The van der Waals surface area contributed by atoms with Crippen LogP contribution in [0.15, 0.2) is 30.3 Å². The Bertz CT molecular complexity index is 680. The maximum absolute atomic E-state index is 13.5. The highest BCUT2D eigenvalue weighted by Gasteiger charge is 2.18. The summed E-state index contributed by atoms with van der Waals surface area (Å²) in [6.07, 6.45) is 0. The first-order chi connectivity index (χ1) is 9.45. The number of methoxy groups -OCH3 is 1. The molecule has 0 saturated carbocycles. The van der Waals surface area contributed by atoms with Gasteiger partial charge in [0.2, 0.25) is 0 Å². The number of anilines is 1. The molecule has 0 aliphatic heterocycles. The molecular formula is C16H16FNO2. The molecule has 0 aromatic heterocycles. The summed E-state index contributed by atoms with van der Waals surface area (Å²) in [4.78, 5) is 12.5. The lowest BCUT2D eigenvalue weighted by atomic mass is 9.96. The molecule has 2 aromatic rings. The summed E-state index contributed by atoms with van der Waals surface area (Å²) in [7, 11) is 1.58. The lowest BCUT2D eigenvalue weighted by molar-refractivity contribution is 0.103. The van der Waals surface area contributed by atoms with Crippen LogP contribution in [0.3, 0.4) is 0 Å². The van der Waals surface area contributed by atoms with Gasteiger partial charge in [-0.3, -0.25) is 4.79 Å². The van der Waals surface area contributed by atoms with Crippen molar-refractivity contribution in [2.75, 3.05) is 12.8 Å². The highest BCUT2D eigenvalue weighted by Crippen LogP contribution is 2.26. The normalized spacial score (nSPS) is 10.4. The Balaban J connectivity index is 2.54. The second kappa shape index (κ2) is 5.33. The lowest BCUT2D eigenvalue weighted by Crippen LogP contribution is -2.09. The van der Waals surface area contributed by atoms with Gasteiger partial charge in [-0.2, -0.15) is 0 Å². The van der Waals surface area contributed by atoms with Crippen LogP contribution < -0.4 is 10.5 Å². The molecule has 2 rings (SSSR count). The van der Waals surface area contributed by atoms with E-state index in [0.717, 1.165) is 11.1 Å². The first-order valence-electron chi connectivity index (χ1n) is 6.19. The van der Waals surface area contributed by atoms with Gasteiger partial charge in [-0.25, -0.2) is 4.39 Å². The fourth-order valence-electron chi connectivity index (χ4n) is 2.13. The molecule has 104 valence electrons. The van der Waals surface area contributed by atoms with Crippen LogP contribution in [-0.2, 0) is 0 Å². The number of nitrogens with two attached hydrogens (primary N) is 1. The molecule has 0 saturated heterocycles. The smallest absolute Gasteiger partial charge is 0.195 e. The molecule has 2 aromatic carbocycles. The van der Waals surface area contributed by atoms with E-state index in [1.165, 1.54) is 18.2 Å². The van der Waals surface area contributed by atoms with Crippen LogP contribution in [0.25, 0.3) is 0 Å². The van der Waals surface area contributed by atoms with Crippen LogP contribution in [0, 0.1) is 19.7 Å². The standard InChI is InChI=1S/C16H16FNO2/c1-9-8-14(20-3)10(2)7-12(9)16(19)11-5-4-6-13(17)15(11)18/h4-8H,18H2,1-3H3. The molecule has 20 heavy (non-hydrogen) atoms. The van der Waals surface area contributed by atoms with Crippen LogP contribution in [0.5, 0.6) is 5.75 Å². The van der Waals surface area contributed by atoms with Crippen molar-refractivity contribution >= 4 is 11.5 Å². The number of para-hydroxylation sites is 1. The zero-order valence-corrected chi connectivity index (χ0v) is 11.7. The minimum absolute atomic E-state index is 0.120. The summed E-state index contributed by atoms with van der Waals surface area (Å²) in [6, 6.07) is 7.77. The molecule has 0 unspecified atom stereocenters. The number of carbonyl (C=O) groups is 1. The SMILES string of the molecule is COc1cc(C)c(C(=O)c2cccc(F)c2N)cc1C. The molecule has 0 radical (unpaired) electrons. The number of aryl methyl sites for hydroxylation is 2. The van der Waals surface area contributed by atoms with Crippen LogP contribution in [-0.4, -0.2) is 12.9 Å². The fourth-order valence-corrected chi connectivity index (χ4v) is 2.13. The van der Waals surface area contributed by atoms with Crippen molar-refractivity contribution in [2.45, 2.75) is 13.8 Å². The van der Waals surface area contributed by atoms with Crippen molar-refractivity contribution in [1.82, 2.24) is 0 Å². The number of halogens is 1. The van der Waals surface area contributed by atoms with Crippen molar-refractivity contribution in [1.29, 1.82) is 0 Å². The average Bonchev–Trinajstić information content (AvgIpc) is 2.43. The van der Waals surface area contributed by atoms with Gasteiger partial charge in [0.05, 0.1) is 12.8 Å². The van der Waals surface area contributed by atoms with Crippen LogP contribution in [0.1, 0.15) is 27.0 Å². The minimum atomic E-state index is -0.585. The van der Waals surface area contributed by atoms with Crippen molar-refractivity contribution in [3.63, 3.8) is 0 Å². The minimum Gasteiger partial charge on any atom is -0.496 e. The van der Waals surface area contributed by atoms with Crippen LogP contribution in [0.4, 0.5) is 10.1 Å². The number of hydrogen-bond acceptors (Lipinski definition) is 3. The summed E-state index contributed by atoms with van der Waals surface area (Å²) < 4.78 is 18.7. The number of hydrogen-bond donors (Lipinski definition) is 1. The van der Waals surface area contributed by atoms with E-state index >= 15 is 0 Å². The first kappa shape index (κ1) is 14.1. The Kier molecular flexibility index (Phi) is 3.74. The Hall–Kier alpha value is -2.36. The predicted octanol–water partition coefficient (Wildman–Crippen LogP) is 3.26. The average molecular weight is 273 g/mol. The number of rotatable bonds is 3. The molecule has 4 heteroatoms. The number of benzene rings is 2. The quantitative estimate of drug-likeness (QED) is 0.689. The van der Waals surface area contributed by atoms with E-state index in [-0.39, 0.29) is 17.0 Å². The maximum Gasteiger partial charge on any atom is 0.195 e. The third-order valence-electron chi connectivity index (χ3n) is 3.28. The Morgan fingerprint density at radius 1 is 1.15 bits per heavy atom. The predicted molar refractivity (Wildman–Crippen MR) is 76.7 cm³/mol. The number of ether oxygens (including phenoxy) is 1. The van der Waals surface area contributed by atoms with Gasteiger partial charge in [-0.05, 0) is 49.2 Å². The molecule has 0 aliphatic carbocycles. The molecule has 0 aliphatic rings. The third kappa shape index (κ3) is 2.37. The van der Waals surface area contributed by atoms with E-state index in [1.54, 1.807) is 19.2 Å². The third-order valence-corrected chi connectivity index (χ3v) is 3.28. The highest BCUT2D eigenvalue weighted by atomic mass is 19.1. The molecule has 0 spiro atoms. The molecule has 0 amide bonds. The van der Waals surface area contributed by atoms with Gasteiger partial charge >= 0.3 is 0 Å². The molecule has 0 bridgehead atoms. The maximum atomic E-state index is 13.5. The van der Waals surface area contributed by atoms with Crippen molar-refractivity contribution in [2.24, 2.45) is 0 Å². The van der Waals surface area contributed by atoms with Gasteiger partial charge in [-0.1, -0.05) is 6.07 Å². The zero-order chi connectivity index (χ0) is 14.9. The lowest BCUT2D eigenvalue weighted by Gasteiger charge is -2.12. The van der Waals surface area contributed by atoms with E-state index < -0.39 is 5.82 Å². The topological polar surface area (TPSA) is 52.3 Å². The summed E-state index contributed by atoms with van der Waals surface area (Å²) in [5.74, 6) is -0.157. The molecule has 2 N–H and O–H groups in total. The molecule has 0 fully saturated rings. The zero-order valence-electron chi connectivity index (χ0n) is 11.7. The monoisotopic (exact) mass is 273 g/mol. The fraction of sp³-hybridized carbons (Fsp3) is 0.188. The number of nitrogen functional groups attached to an aromatic ring is 1. The van der Waals surface area contributed by atoms with E-state index in [9.17, 15) is 9.18 Å². The van der Waals surface area contributed by atoms with Crippen molar-refractivity contribution in [3.05, 3.63) is 58.4 Å². The van der Waals surface area contributed by atoms with Gasteiger partial charge < -0.3 is 10.5 Å². The molecular weight excluding hydrogens is 257 g/mol. The molecule has 0 atom stereocenters. The van der Waals surface area contributed by atoms with Gasteiger partial charge in [0.25, 0.3) is 0 Å². The molecule has 3 nitrogen and oxygen atoms in total. The van der Waals surface area contributed by atoms with Crippen LogP contribution >= 0.6 is 0 Å². The summed E-state index contributed by atoms with van der Waals surface area (Å²) in [6.45, 7) is 3.66. The van der Waals surface area contributed by atoms with Gasteiger partial charge in [-0.15, -0.1) is 0 Å². The number of ketones is 1. The van der Waals surface area contributed by atoms with Crippen LogP contribution in [0.2, 0.25) is 0 Å². The second-order valence-electron chi connectivity index (χ2n) is 4.67. The first-order valence-corrected chi connectivity index (χ1v) is 6.19. The molecule has 0 heterocycles. The Morgan fingerprint density at radius 3 is 2.50 bits per heavy atom. The summed E-state index contributed by atoms with van der Waals surface area (Å²) in [5.41, 5.74) is 7.81. The Morgan fingerprint density at radius 2 is 1.85 bits per heavy atom. The van der Waals surface area contributed by atoms with Gasteiger partial charge in [0.1, 0.15) is 11.6 Å². The summed E-state index contributed by atoms with van der Waals surface area (Å²) >= 11 is 0. The highest BCUT2D eigenvalue weighted by molar-refractivity contribution is 6.13. The number of carbonyl (C=O) groups excluding carboxylic acids is 1. The second-order valence-corrected chi connectivity index (χ2v) is 4.67. The Labute approximate surface area is 117 Å². The van der Waals surface area contributed by atoms with Crippen molar-refractivity contribution in [3.8, 4) is 5.75 Å². The van der Waals surface area contributed by atoms with E-state index in [4.69, 9.17) is 10.5 Å².